The summed E-state index contributed by atoms with van der Waals surface area (Å²) in [5, 5.41) is 5.82. The van der Waals surface area contributed by atoms with Crippen LogP contribution >= 0.6 is 11.3 Å². The van der Waals surface area contributed by atoms with Crippen LogP contribution in [0.25, 0.3) is 10.2 Å². The van der Waals surface area contributed by atoms with E-state index in [1.807, 2.05) is 11.4 Å². The maximum absolute atomic E-state index is 13.7. The van der Waals surface area contributed by atoms with Crippen molar-refractivity contribution in [3.63, 3.8) is 0 Å². The van der Waals surface area contributed by atoms with Crippen LogP contribution in [-0.4, -0.2) is 16.5 Å². The maximum Gasteiger partial charge on any atom is 0.233 e. The molecule has 0 atom stereocenters. The lowest BCUT2D eigenvalue weighted by Gasteiger charge is -2.09. The molecule has 108 valence electrons. The van der Waals surface area contributed by atoms with Crippen LogP contribution in [0.2, 0.25) is 0 Å². The van der Waals surface area contributed by atoms with Crippen molar-refractivity contribution in [2.45, 2.75) is 13.3 Å². The highest BCUT2D eigenvalue weighted by Gasteiger charge is 2.12. The Labute approximate surface area is 125 Å². The minimum atomic E-state index is -0.414. The topological polar surface area (TPSA) is 47.0 Å². The molecule has 0 aliphatic heterocycles. The number of para-hydroxylation sites is 1. The van der Waals surface area contributed by atoms with E-state index >= 15 is 0 Å². The monoisotopic (exact) mass is 303 g/mol. The largest absolute Gasteiger partial charge is 0.435 e. The summed E-state index contributed by atoms with van der Waals surface area (Å²) < 4.78 is 19.4. The SMILES string of the molecule is CCCNc1nc(Oc2ccccc2F)c2ccsc2n1. The first kappa shape index (κ1) is 13.8. The van der Waals surface area contributed by atoms with Crippen LogP contribution < -0.4 is 10.1 Å². The van der Waals surface area contributed by atoms with Crippen LogP contribution in [0.3, 0.4) is 0 Å². The molecular weight excluding hydrogens is 289 g/mol. The van der Waals surface area contributed by atoms with Crippen molar-refractivity contribution in [2.75, 3.05) is 11.9 Å². The molecule has 4 nitrogen and oxygen atoms in total. The molecule has 1 aromatic carbocycles. The average molecular weight is 303 g/mol. The lowest BCUT2D eigenvalue weighted by molar-refractivity contribution is 0.432. The third-order valence-electron chi connectivity index (χ3n) is 2.87. The lowest BCUT2D eigenvalue weighted by atomic mass is 10.3. The highest BCUT2D eigenvalue weighted by atomic mass is 32.1. The fourth-order valence-electron chi connectivity index (χ4n) is 1.85. The molecule has 0 amide bonds. The zero-order valence-corrected chi connectivity index (χ0v) is 12.3. The minimum absolute atomic E-state index is 0.158. The van der Waals surface area contributed by atoms with E-state index in [-0.39, 0.29) is 5.75 Å². The molecule has 0 saturated heterocycles. The number of hydrogen-bond acceptors (Lipinski definition) is 5. The Balaban J connectivity index is 2.00. The number of thiophene rings is 1. The first-order valence-electron chi connectivity index (χ1n) is 6.69. The maximum atomic E-state index is 13.7. The highest BCUT2D eigenvalue weighted by molar-refractivity contribution is 7.16. The van der Waals surface area contributed by atoms with Gasteiger partial charge >= 0.3 is 0 Å². The van der Waals surface area contributed by atoms with Crippen LogP contribution in [0, 0.1) is 5.82 Å². The molecule has 6 heteroatoms. The van der Waals surface area contributed by atoms with Crippen molar-refractivity contribution in [2.24, 2.45) is 0 Å². The third kappa shape index (κ3) is 2.95. The van der Waals surface area contributed by atoms with Crippen LogP contribution in [0.4, 0.5) is 10.3 Å². The van der Waals surface area contributed by atoms with Gasteiger partial charge in [-0.15, -0.1) is 11.3 Å². The number of aromatic nitrogens is 2. The number of benzene rings is 1. The van der Waals surface area contributed by atoms with E-state index in [1.54, 1.807) is 18.2 Å². The standard InChI is InChI=1S/C15H14FN3OS/c1-2-8-17-15-18-13(10-7-9-21-14(10)19-15)20-12-6-4-3-5-11(12)16/h3-7,9H,2,8H2,1H3,(H,17,18,19). The first-order valence-corrected chi connectivity index (χ1v) is 7.57. The molecule has 1 N–H and O–H groups in total. The molecule has 0 saturated carbocycles. The lowest BCUT2D eigenvalue weighted by Crippen LogP contribution is -2.05. The van der Waals surface area contributed by atoms with Gasteiger partial charge in [-0.25, -0.2) is 9.37 Å². The number of anilines is 1. The molecule has 0 fully saturated rings. The number of hydrogen-bond donors (Lipinski definition) is 1. The van der Waals surface area contributed by atoms with E-state index in [9.17, 15) is 4.39 Å². The summed E-state index contributed by atoms with van der Waals surface area (Å²) in [6, 6.07) is 8.16. The normalized spacial score (nSPS) is 10.8. The molecule has 0 bridgehead atoms. The Hall–Kier alpha value is -2.21. The summed E-state index contributed by atoms with van der Waals surface area (Å²) >= 11 is 1.50. The van der Waals surface area contributed by atoms with Crippen molar-refractivity contribution in [1.29, 1.82) is 0 Å². The van der Waals surface area contributed by atoms with Crippen LogP contribution in [-0.2, 0) is 0 Å². The van der Waals surface area contributed by atoms with Gasteiger partial charge in [0, 0.05) is 6.54 Å². The van der Waals surface area contributed by atoms with Gasteiger partial charge in [0.15, 0.2) is 11.6 Å². The molecule has 0 aliphatic rings. The minimum Gasteiger partial charge on any atom is -0.435 e. The Morgan fingerprint density at radius 2 is 2.10 bits per heavy atom. The summed E-state index contributed by atoms with van der Waals surface area (Å²) in [5.41, 5.74) is 0. The molecule has 2 aromatic heterocycles. The van der Waals surface area contributed by atoms with Crippen LogP contribution in [0.5, 0.6) is 11.6 Å². The number of nitrogens with zero attached hydrogens (tertiary/aromatic N) is 2. The van der Waals surface area contributed by atoms with Crippen molar-refractivity contribution in [3.05, 3.63) is 41.5 Å². The predicted molar refractivity (Wildman–Crippen MR) is 82.7 cm³/mol. The van der Waals surface area contributed by atoms with E-state index < -0.39 is 5.82 Å². The molecule has 3 aromatic rings. The van der Waals surface area contributed by atoms with Gasteiger partial charge in [0.25, 0.3) is 0 Å². The van der Waals surface area contributed by atoms with Gasteiger partial charge in [-0.3, -0.25) is 0 Å². The second-order valence-corrected chi connectivity index (χ2v) is 5.35. The predicted octanol–water partition coefficient (Wildman–Crippen LogP) is 4.44. The summed E-state index contributed by atoms with van der Waals surface area (Å²) in [6.07, 6.45) is 0.968. The Bertz CT molecular complexity index is 760. The second kappa shape index (κ2) is 6.05. The summed E-state index contributed by atoms with van der Waals surface area (Å²) in [7, 11) is 0. The van der Waals surface area contributed by atoms with Crippen molar-refractivity contribution in [1.82, 2.24) is 9.97 Å². The Morgan fingerprint density at radius 3 is 2.90 bits per heavy atom. The third-order valence-corrected chi connectivity index (χ3v) is 3.67. The van der Waals surface area contributed by atoms with Crippen molar-refractivity contribution >= 4 is 27.5 Å². The number of fused-ring (bicyclic) bond motifs is 1. The summed E-state index contributed by atoms with van der Waals surface area (Å²) in [4.78, 5) is 9.58. The van der Waals surface area contributed by atoms with Gasteiger partial charge in [-0.2, -0.15) is 4.98 Å². The van der Waals surface area contributed by atoms with E-state index in [0.29, 0.717) is 11.8 Å². The van der Waals surface area contributed by atoms with E-state index in [0.717, 1.165) is 23.2 Å². The molecule has 21 heavy (non-hydrogen) atoms. The Morgan fingerprint density at radius 1 is 1.24 bits per heavy atom. The van der Waals surface area contributed by atoms with E-state index in [2.05, 4.69) is 22.2 Å². The molecule has 3 rings (SSSR count). The Kier molecular flexibility index (Phi) is 3.96. The summed E-state index contributed by atoms with van der Waals surface area (Å²) in [6.45, 7) is 2.84. The number of ether oxygens (including phenoxy) is 1. The highest BCUT2D eigenvalue weighted by Crippen LogP contribution is 2.32. The average Bonchev–Trinajstić information content (AvgIpc) is 2.96. The van der Waals surface area contributed by atoms with Gasteiger partial charge < -0.3 is 10.1 Å². The zero-order chi connectivity index (χ0) is 14.7. The van der Waals surface area contributed by atoms with Crippen molar-refractivity contribution in [3.8, 4) is 11.6 Å². The van der Waals surface area contributed by atoms with Gasteiger partial charge in [-0.05, 0) is 30.0 Å². The molecule has 0 spiro atoms. The van der Waals surface area contributed by atoms with Crippen LogP contribution in [0.1, 0.15) is 13.3 Å². The van der Waals surface area contributed by atoms with Gasteiger partial charge in [0.05, 0.1) is 5.39 Å². The zero-order valence-electron chi connectivity index (χ0n) is 11.5. The number of nitrogens with one attached hydrogen (secondary N) is 1. The number of halogens is 1. The van der Waals surface area contributed by atoms with Gasteiger partial charge in [0.1, 0.15) is 4.83 Å². The van der Waals surface area contributed by atoms with Gasteiger partial charge in [-0.1, -0.05) is 19.1 Å². The van der Waals surface area contributed by atoms with Crippen LogP contribution in [0.15, 0.2) is 35.7 Å². The quantitative estimate of drug-likeness (QED) is 0.756. The molecule has 0 radical (unpaired) electrons. The first-order chi connectivity index (χ1) is 10.3. The van der Waals surface area contributed by atoms with E-state index in [4.69, 9.17) is 4.74 Å². The molecule has 0 aliphatic carbocycles. The fraction of sp³-hybridized carbons (Fsp3) is 0.200. The van der Waals surface area contributed by atoms with Crippen molar-refractivity contribution < 1.29 is 9.13 Å². The van der Waals surface area contributed by atoms with E-state index in [1.165, 1.54) is 17.4 Å². The molecular formula is C15H14FN3OS. The smallest absolute Gasteiger partial charge is 0.233 e. The fourth-order valence-corrected chi connectivity index (χ4v) is 2.61. The molecule has 0 unspecified atom stereocenters. The number of rotatable bonds is 5. The van der Waals surface area contributed by atoms with Gasteiger partial charge in [0.2, 0.25) is 11.8 Å². The molecule has 2 heterocycles. The summed E-state index contributed by atoms with van der Waals surface area (Å²) in [5.74, 6) is 0.607. The second-order valence-electron chi connectivity index (χ2n) is 4.45.